The second kappa shape index (κ2) is 10.4. The quantitative estimate of drug-likeness (QED) is 0.412. The lowest BCUT2D eigenvalue weighted by atomic mass is 9.83. The molecule has 0 unspecified atom stereocenters. The Morgan fingerprint density at radius 3 is 2.45 bits per heavy atom. The summed E-state index contributed by atoms with van der Waals surface area (Å²) in [4.78, 5) is 34.7. The van der Waals surface area contributed by atoms with Crippen molar-refractivity contribution in [1.82, 2.24) is 10.3 Å². The first-order valence-electron chi connectivity index (χ1n) is 14.5. The third-order valence-corrected chi connectivity index (χ3v) is 9.55. The van der Waals surface area contributed by atoms with E-state index in [-0.39, 0.29) is 29.4 Å². The predicted octanol–water partition coefficient (Wildman–Crippen LogP) is 6.56. The molecule has 4 aliphatic rings. The van der Waals surface area contributed by atoms with Gasteiger partial charge in [0.1, 0.15) is 0 Å². The maximum Gasteiger partial charge on any atom is 0.255 e. The van der Waals surface area contributed by atoms with Gasteiger partial charge in [-0.2, -0.15) is 0 Å². The molecule has 0 saturated heterocycles. The van der Waals surface area contributed by atoms with E-state index in [1.54, 1.807) is 13.2 Å². The van der Waals surface area contributed by atoms with Gasteiger partial charge >= 0.3 is 0 Å². The van der Waals surface area contributed by atoms with Crippen LogP contribution in [0.3, 0.4) is 0 Å². The van der Waals surface area contributed by atoms with Gasteiger partial charge in [-0.1, -0.05) is 45.9 Å². The van der Waals surface area contributed by atoms with Crippen molar-refractivity contribution in [2.75, 3.05) is 7.11 Å². The zero-order valence-electron chi connectivity index (χ0n) is 25.1. The van der Waals surface area contributed by atoms with Gasteiger partial charge in [-0.25, -0.2) is 0 Å². The Labute approximate surface area is 237 Å². The van der Waals surface area contributed by atoms with Crippen LogP contribution in [-0.2, 0) is 22.4 Å². The van der Waals surface area contributed by atoms with Crippen molar-refractivity contribution in [1.29, 1.82) is 0 Å². The van der Waals surface area contributed by atoms with Gasteiger partial charge < -0.3 is 15.0 Å². The third-order valence-electron chi connectivity index (χ3n) is 9.55. The molecule has 1 aromatic heterocycles. The Balaban J connectivity index is 1.54. The summed E-state index contributed by atoms with van der Waals surface area (Å²) in [6.07, 6.45) is 7.03. The zero-order valence-corrected chi connectivity index (χ0v) is 25.1. The van der Waals surface area contributed by atoms with Crippen LogP contribution in [0.25, 0.3) is 0 Å². The standard InChI is InChI=1S/C34H41N3O3/c1-10-22-19(7)34(40-9)37-28(22)14-21-13-25-29(20(8)32(38)30(25)16(21)4)31-23(11-2)17(5)26(35-31)15-27-18(6)24(12-3)33(39)36-27/h12,15,17,20,23,37H,3,10-11,13-14H2,1-2,4-9H3,(H,36,39)/b27-15-,31-29-/t17-,20+,23-/m0/s1. The molecule has 0 radical (unpaired) electrons. The Morgan fingerprint density at radius 1 is 1.12 bits per heavy atom. The summed E-state index contributed by atoms with van der Waals surface area (Å²) < 4.78 is 5.57. The molecule has 0 fully saturated rings. The normalized spacial score (nSPS) is 27.4. The molecule has 2 N–H and O–H groups in total. The fraction of sp³-hybridized carbons (Fsp3) is 0.441. The maximum absolute atomic E-state index is 13.7. The number of H-pyrrole nitrogens is 1. The number of allylic oxidation sites excluding steroid dienone is 8. The highest BCUT2D eigenvalue weighted by molar-refractivity contribution is 6.10. The number of nitrogens with zero attached hydrogens (tertiary/aromatic N) is 1. The van der Waals surface area contributed by atoms with Crippen LogP contribution in [0.2, 0.25) is 0 Å². The van der Waals surface area contributed by atoms with Gasteiger partial charge in [-0.05, 0) is 74.0 Å². The summed E-state index contributed by atoms with van der Waals surface area (Å²) in [5.41, 5.74) is 13.5. The summed E-state index contributed by atoms with van der Waals surface area (Å²) in [7, 11) is 1.70. The van der Waals surface area contributed by atoms with Crippen molar-refractivity contribution >= 4 is 17.4 Å². The predicted molar refractivity (Wildman–Crippen MR) is 160 cm³/mol. The SMILES string of the molecule is C=CC1=C(C)/C(=C/C2=NC(=C3\C4=C(C(=O)[C@@H]3C)C(C)=C(Cc3[nH]c(OC)c(C)c3CC)C4)/[C@@H](CC)[C@@H]2C)NC1=O. The van der Waals surface area contributed by atoms with E-state index in [0.717, 1.165) is 82.1 Å². The van der Waals surface area contributed by atoms with Gasteiger partial charge in [0.25, 0.3) is 5.91 Å². The van der Waals surface area contributed by atoms with E-state index in [2.05, 4.69) is 51.5 Å². The monoisotopic (exact) mass is 539 g/mol. The molecule has 1 amide bonds. The van der Waals surface area contributed by atoms with Crippen molar-refractivity contribution in [3.05, 3.63) is 86.0 Å². The van der Waals surface area contributed by atoms with Crippen LogP contribution >= 0.6 is 0 Å². The molecule has 2 aliphatic heterocycles. The lowest BCUT2D eigenvalue weighted by Gasteiger charge is -2.20. The number of ketones is 1. The minimum absolute atomic E-state index is 0.124. The van der Waals surface area contributed by atoms with E-state index in [1.165, 1.54) is 16.8 Å². The number of carbonyl (C=O) groups is 2. The number of aliphatic imine (C=N–C) groups is 1. The molecule has 0 saturated carbocycles. The first kappa shape index (κ1) is 27.9. The molecule has 2 aliphatic carbocycles. The lowest BCUT2D eigenvalue weighted by Crippen LogP contribution is -2.19. The average Bonchev–Trinajstić information content (AvgIpc) is 3.65. The van der Waals surface area contributed by atoms with Crippen LogP contribution in [-0.4, -0.2) is 29.5 Å². The van der Waals surface area contributed by atoms with Gasteiger partial charge in [0.15, 0.2) is 11.7 Å². The number of rotatable bonds is 7. The number of ether oxygens (including phenoxy) is 1. The summed E-state index contributed by atoms with van der Waals surface area (Å²) in [6.45, 7) is 18.5. The minimum Gasteiger partial charge on any atom is -0.482 e. The molecule has 6 heteroatoms. The van der Waals surface area contributed by atoms with Crippen LogP contribution in [0.4, 0.5) is 0 Å². The van der Waals surface area contributed by atoms with Crippen LogP contribution in [0.15, 0.2) is 74.1 Å². The van der Waals surface area contributed by atoms with Crippen molar-refractivity contribution in [3.8, 4) is 5.88 Å². The highest BCUT2D eigenvalue weighted by Gasteiger charge is 2.44. The molecular formula is C34H41N3O3. The average molecular weight is 540 g/mol. The zero-order chi connectivity index (χ0) is 29.0. The summed E-state index contributed by atoms with van der Waals surface area (Å²) in [6, 6.07) is 0. The number of methoxy groups -OCH3 is 1. The highest BCUT2D eigenvalue weighted by Crippen LogP contribution is 2.51. The molecule has 0 bridgehead atoms. The van der Waals surface area contributed by atoms with E-state index in [9.17, 15) is 9.59 Å². The molecule has 40 heavy (non-hydrogen) atoms. The van der Waals surface area contributed by atoms with E-state index in [4.69, 9.17) is 9.73 Å². The molecule has 3 atom stereocenters. The number of hydrogen-bond acceptors (Lipinski definition) is 4. The van der Waals surface area contributed by atoms with E-state index in [1.807, 2.05) is 19.9 Å². The minimum atomic E-state index is -0.201. The number of aromatic nitrogens is 1. The van der Waals surface area contributed by atoms with Crippen LogP contribution < -0.4 is 10.1 Å². The van der Waals surface area contributed by atoms with Crippen molar-refractivity contribution < 1.29 is 14.3 Å². The van der Waals surface area contributed by atoms with Crippen LogP contribution in [0.1, 0.15) is 71.2 Å². The summed E-state index contributed by atoms with van der Waals surface area (Å²) >= 11 is 0. The highest BCUT2D eigenvalue weighted by atomic mass is 16.5. The molecule has 3 heterocycles. The fourth-order valence-corrected chi connectivity index (χ4v) is 7.17. The number of Topliss-reactive ketones (excluding diaryl/α,β-unsaturated/α-hetero) is 1. The third kappa shape index (κ3) is 4.11. The fourth-order valence-electron chi connectivity index (χ4n) is 7.17. The lowest BCUT2D eigenvalue weighted by molar-refractivity contribution is -0.117. The van der Waals surface area contributed by atoms with Gasteiger partial charge in [0.05, 0.1) is 7.11 Å². The second-order valence-electron chi connectivity index (χ2n) is 11.5. The number of aromatic amines is 1. The smallest absolute Gasteiger partial charge is 0.255 e. The molecule has 1 aromatic rings. The first-order valence-corrected chi connectivity index (χ1v) is 14.5. The van der Waals surface area contributed by atoms with Gasteiger partial charge in [0, 0.05) is 63.7 Å². The van der Waals surface area contributed by atoms with E-state index in [0.29, 0.717) is 5.57 Å². The Kier molecular flexibility index (Phi) is 7.24. The molecule has 210 valence electrons. The van der Waals surface area contributed by atoms with Gasteiger partial charge in [0.2, 0.25) is 0 Å². The van der Waals surface area contributed by atoms with Crippen molar-refractivity contribution in [2.24, 2.45) is 22.7 Å². The second-order valence-corrected chi connectivity index (χ2v) is 11.5. The Bertz CT molecular complexity index is 1540. The largest absolute Gasteiger partial charge is 0.482 e. The number of hydrogen-bond donors (Lipinski definition) is 2. The molecule has 5 rings (SSSR count). The number of nitrogens with one attached hydrogen (secondary N) is 2. The first-order chi connectivity index (χ1) is 19.1. The van der Waals surface area contributed by atoms with E-state index >= 15 is 0 Å². The van der Waals surface area contributed by atoms with Crippen LogP contribution in [0, 0.1) is 24.7 Å². The maximum atomic E-state index is 13.7. The van der Waals surface area contributed by atoms with Crippen molar-refractivity contribution in [2.45, 2.75) is 74.1 Å². The summed E-state index contributed by atoms with van der Waals surface area (Å²) in [5.74, 6) is 1.11. The topological polar surface area (TPSA) is 83.6 Å². The van der Waals surface area contributed by atoms with Crippen LogP contribution in [0.5, 0.6) is 5.88 Å². The van der Waals surface area contributed by atoms with Gasteiger partial charge in [-0.3, -0.25) is 14.6 Å². The Morgan fingerprint density at radius 2 is 1.85 bits per heavy atom. The molecule has 0 aromatic carbocycles. The molecule has 6 nitrogen and oxygen atoms in total. The van der Waals surface area contributed by atoms with Gasteiger partial charge in [-0.15, -0.1) is 0 Å². The molecular weight excluding hydrogens is 498 g/mol. The number of carbonyl (C=O) groups excluding carboxylic acids is 2. The van der Waals surface area contributed by atoms with Crippen molar-refractivity contribution in [3.63, 3.8) is 0 Å². The molecule has 0 spiro atoms. The number of amides is 1. The Hall–Kier alpha value is -3.67. The van der Waals surface area contributed by atoms with E-state index < -0.39 is 0 Å². The summed E-state index contributed by atoms with van der Waals surface area (Å²) in [5, 5.41) is 2.97.